The van der Waals surface area contributed by atoms with Crippen LogP contribution in [-0.4, -0.2) is 41.1 Å². The van der Waals surface area contributed by atoms with Crippen LogP contribution < -0.4 is 4.74 Å². The first kappa shape index (κ1) is 15.5. The van der Waals surface area contributed by atoms with Crippen LogP contribution in [0.3, 0.4) is 0 Å². The number of benzene rings is 1. The van der Waals surface area contributed by atoms with Crippen molar-refractivity contribution in [3.05, 3.63) is 54.2 Å². The molecule has 0 radical (unpaired) electrons. The fourth-order valence-corrected chi connectivity index (χ4v) is 2.75. The van der Waals surface area contributed by atoms with Gasteiger partial charge in [-0.15, -0.1) is 0 Å². The van der Waals surface area contributed by atoms with Crippen molar-refractivity contribution in [1.29, 1.82) is 0 Å². The molecule has 0 spiro atoms. The van der Waals surface area contributed by atoms with Crippen LogP contribution in [-0.2, 0) is 4.74 Å². The summed E-state index contributed by atoms with van der Waals surface area (Å²) < 4.78 is 11.5. The first-order valence-electron chi connectivity index (χ1n) is 7.76. The van der Waals surface area contributed by atoms with Gasteiger partial charge in [-0.05, 0) is 38.1 Å². The molecule has 1 aliphatic heterocycles. The average molecular weight is 312 g/mol. The number of rotatable bonds is 3. The number of carbonyl (C=O) groups is 1. The second-order valence-corrected chi connectivity index (χ2v) is 5.74. The molecule has 2 heterocycles. The monoisotopic (exact) mass is 312 g/mol. The van der Waals surface area contributed by atoms with E-state index in [-0.39, 0.29) is 18.1 Å². The SMILES string of the molecule is CC1CN(C(=O)c2cccnc2Oc2ccccc2)CC(C)O1. The second-order valence-electron chi connectivity index (χ2n) is 5.74. The minimum absolute atomic E-state index is 0.0258. The van der Waals surface area contributed by atoms with Crippen molar-refractivity contribution in [2.24, 2.45) is 0 Å². The summed E-state index contributed by atoms with van der Waals surface area (Å²) in [6.45, 7) is 5.09. The van der Waals surface area contributed by atoms with E-state index in [9.17, 15) is 4.79 Å². The molecule has 1 aromatic heterocycles. The van der Waals surface area contributed by atoms with Crippen LogP contribution in [0.5, 0.6) is 11.6 Å². The summed E-state index contributed by atoms with van der Waals surface area (Å²) in [7, 11) is 0. The van der Waals surface area contributed by atoms with E-state index in [2.05, 4.69) is 4.98 Å². The van der Waals surface area contributed by atoms with Crippen LogP contribution in [0.25, 0.3) is 0 Å². The molecule has 2 aromatic rings. The first-order valence-corrected chi connectivity index (χ1v) is 7.76. The van der Waals surface area contributed by atoms with Crippen molar-refractivity contribution in [2.75, 3.05) is 13.1 Å². The van der Waals surface area contributed by atoms with Crippen molar-refractivity contribution < 1.29 is 14.3 Å². The maximum absolute atomic E-state index is 12.9. The Balaban J connectivity index is 1.83. The lowest BCUT2D eigenvalue weighted by Crippen LogP contribution is -2.48. The second kappa shape index (κ2) is 6.79. The van der Waals surface area contributed by atoms with E-state index >= 15 is 0 Å². The predicted octanol–water partition coefficient (Wildman–Crippen LogP) is 3.12. The minimum atomic E-state index is -0.0777. The van der Waals surface area contributed by atoms with E-state index in [1.165, 1.54) is 0 Å². The number of hydrogen-bond acceptors (Lipinski definition) is 4. The summed E-state index contributed by atoms with van der Waals surface area (Å²) in [5, 5.41) is 0. The summed E-state index contributed by atoms with van der Waals surface area (Å²) in [4.78, 5) is 18.9. The standard InChI is InChI=1S/C18H20N2O3/c1-13-11-20(12-14(2)22-13)18(21)16-9-6-10-19-17(16)23-15-7-4-3-5-8-15/h3-10,13-14H,11-12H2,1-2H3. The number of morpholine rings is 1. The molecule has 1 amide bonds. The van der Waals surface area contributed by atoms with E-state index in [0.717, 1.165) is 0 Å². The largest absolute Gasteiger partial charge is 0.438 e. The molecule has 0 aliphatic carbocycles. The molecule has 0 saturated carbocycles. The molecule has 1 aromatic carbocycles. The smallest absolute Gasteiger partial charge is 0.259 e. The van der Waals surface area contributed by atoms with Gasteiger partial charge >= 0.3 is 0 Å². The van der Waals surface area contributed by atoms with Crippen molar-refractivity contribution in [3.63, 3.8) is 0 Å². The van der Waals surface area contributed by atoms with Crippen LogP contribution in [0.1, 0.15) is 24.2 Å². The molecule has 1 saturated heterocycles. The number of aromatic nitrogens is 1. The number of para-hydroxylation sites is 1. The number of ether oxygens (including phenoxy) is 2. The van der Waals surface area contributed by atoms with Crippen LogP contribution in [0.4, 0.5) is 0 Å². The highest BCUT2D eigenvalue weighted by atomic mass is 16.5. The van der Waals surface area contributed by atoms with Crippen LogP contribution in [0.15, 0.2) is 48.7 Å². The highest BCUT2D eigenvalue weighted by Crippen LogP contribution is 2.24. The van der Waals surface area contributed by atoms with Crippen LogP contribution in [0, 0.1) is 0 Å². The van der Waals surface area contributed by atoms with Gasteiger partial charge in [-0.1, -0.05) is 18.2 Å². The Morgan fingerprint density at radius 2 is 1.83 bits per heavy atom. The summed E-state index contributed by atoms with van der Waals surface area (Å²) in [6, 6.07) is 12.8. The summed E-state index contributed by atoms with van der Waals surface area (Å²) >= 11 is 0. The number of carbonyl (C=O) groups excluding carboxylic acids is 1. The Morgan fingerprint density at radius 1 is 1.13 bits per heavy atom. The van der Waals surface area contributed by atoms with Crippen molar-refractivity contribution in [1.82, 2.24) is 9.88 Å². The molecule has 2 atom stereocenters. The zero-order valence-corrected chi connectivity index (χ0v) is 13.3. The Labute approximate surface area is 135 Å². The van der Waals surface area contributed by atoms with Crippen LogP contribution >= 0.6 is 0 Å². The fourth-order valence-electron chi connectivity index (χ4n) is 2.75. The molecule has 5 heteroatoms. The lowest BCUT2D eigenvalue weighted by molar-refractivity contribution is -0.0586. The van der Waals surface area contributed by atoms with E-state index in [1.54, 1.807) is 23.2 Å². The third-order valence-corrected chi connectivity index (χ3v) is 3.67. The average Bonchev–Trinajstić information content (AvgIpc) is 2.55. The van der Waals surface area contributed by atoms with E-state index in [4.69, 9.17) is 9.47 Å². The van der Waals surface area contributed by atoms with Gasteiger partial charge in [-0.3, -0.25) is 4.79 Å². The van der Waals surface area contributed by atoms with Gasteiger partial charge < -0.3 is 14.4 Å². The van der Waals surface area contributed by atoms with E-state index < -0.39 is 0 Å². The van der Waals surface area contributed by atoms with Gasteiger partial charge in [0.2, 0.25) is 5.88 Å². The Kier molecular flexibility index (Phi) is 4.57. The Morgan fingerprint density at radius 3 is 2.52 bits per heavy atom. The van der Waals surface area contributed by atoms with Gasteiger partial charge in [0, 0.05) is 19.3 Å². The zero-order valence-electron chi connectivity index (χ0n) is 13.3. The Hall–Kier alpha value is -2.40. The van der Waals surface area contributed by atoms with Gasteiger partial charge in [-0.2, -0.15) is 0 Å². The summed E-state index contributed by atoms with van der Waals surface area (Å²) in [6.07, 6.45) is 1.68. The molecule has 23 heavy (non-hydrogen) atoms. The molecule has 3 rings (SSSR count). The molecule has 0 bridgehead atoms. The molecular weight excluding hydrogens is 292 g/mol. The van der Waals surface area contributed by atoms with Gasteiger partial charge in [-0.25, -0.2) is 4.98 Å². The molecule has 1 aliphatic rings. The first-order chi connectivity index (χ1) is 11.1. The number of amides is 1. The maximum atomic E-state index is 12.9. The number of hydrogen-bond donors (Lipinski definition) is 0. The highest BCUT2D eigenvalue weighted by Gasteiger charge is 2.28. The molecule has 0 N–H and O–H groups in total. The van der Waals surface area contributed by atoms with Crippen molar-refractivity contribution in [2.45, 2.75) is 26.1 Å². The quantitative estimate of drug-likeness (QED) is 0.874. The fraction of sp³-hybridized carbons (Fsp3) is 0.333. The van der Waals surface area contributed by atoms with Gasteiger partial charge in [0.25, 0.3) is 5.91 Å². The van der Waals surface area contributed by atoms with Gasteiger partial charge in [0.1, 0.15) is 11.3 Å². The summed E-state index contributed by atoms with van der Waals surface area (Å²) in [5.41, 5.74) is 0.470. The van der Waals surface area contributed by atoms with Crippen molar-refractivity contribution >= 4 is 5.91 Å². The molecule has 1 fully saturated rings. The molecular formula is C18H20N2O3. The number of pyridine rings is 1. The topological polar surface area (TPSA) is 51.7 Å². The third-order valence-electron chi connectivity index (χ3n) is 3.67. The third kappa shape index (κ3) is 3.68. The van der Waals surface area contributed by atoms with E-state index in [0.29, 0.717) is 30.3 Å². The van der Waals surface area contributed by atoms with E-state index in [1.807, 2.05) is 44.2 Å². The lowest BCUT2D eigenvalue weighted by atomic mass is 10.1. The maximum Gasteiger partial charge on any atom is 0.259 e. The van der Waals surface area contributed by atoms with Gasteiger partial charge in [0.15, 0.2) is 0 Å². The molecule has 120 valence electrons. The zero-order chi connectivity index (χ0) is 16.2. The minimum Gasteiger partial charge on any atom is -0.438 e. The number of nitrogens with zero attached hydrogens (tertiary/aromatic N) is 2. The van der Waals surface area contributed by atoms with Crippen LogP contribution in [0.2, 0.25) is 0 Å². The highest BCUT2D eigenvalue weighted by molar-refractivity contribution is 5.96. The predicted molar refractivity (Wildman–Crippen MR) is 86.7 cm³/mol. The lowest BCUT2D eigenvalue weighted by Gasteiger charge is -2.35. The molecule has 5 nitrogen and oxygen atoms in total. The van der Waals surface area contributed by atoms with Gasteiger partial charge in [0.05, 0.1) is 12.2 Å². The Bertz CT molecular complexity index is 665. The molecule has 2 unspecified atom stereocenters. The normalized spacial score (nSPS) is 21.0. The van der Waals surface area contributed by atoms with Crippen molar-refractivity contribution in [3.8, 4) is 11.6 Å². The summed E-state index contributed by atoms with van der Waals surface area (Å²) in [5.74, 6) is 0.908.